The Morgan fingerprint density at radius 2 is 1.65 bits per heavy atom. The Kier molecular flexibility index (Phi) is 9.96. The second-order valence-corrected chi connectivity index (χ2v) is 7.80. The molecule has 166 valence electrons. The molecule has 0 radical (unpaired) electrons. The third kappa shape index (κ3) is 8.75. The predicted molar refractivity (Wildman–Crippen MR) is 121 cm³/mol. The van der Waals surface area contributed by atoms with Gasteiger partial charge in [-0.15, -0.1) is 11.3 Å². The van der Waals surface area contributed by atoms with Crippen LogP contribution in [0, 0.1) is 0 Å². The van der Waals surface area contributed by atoms with E-state index in [4.69, 9.17) is 29.3 Å². The fourth-order valence-electron chi connectivity index (χ4n) is 2.81. The highest BCUT2D eigenvalue weighted by atomic mass is 32.1. The predicted octanol–water partition coefficient (Wildman–Crippen LogP) is 3.76. The number of carboxylic acids is 2. The van der Waals surface area contributed by atoms with Gasteiger partial charge in [-0.25, -0.2) is 9.59 Å². The minimum atomic E-state index is -1.82. The van der Waals surface area contributed by atoms with Crippen molar-refractivity contribution in [2.75, 3.05) is 33.9 Å². The van der Waals surface area contributed by atoms with Crippen molar-refractivity contribution in [3.8, 4) is 5.75 Å². The molecule has 0 aliphatic heterocycles. The van der Waals surface area contributed by atoms with Crippen LogP contribution in [-0.4, -0.2) is 61.0 Å². The smallest absolute Gasteiger partial charge is 0.414 e. The summed E-state index contributed by atoms with van der Waals surface area (Å²) in [6.45, 7) is 3.37. The SMILES string of the molecule is COc1ccc(CN(C)CCOCCc2ccc3sccc3c2)cc1.O=C(O)C(=O)O. The molecule has 0 fully saturated rings. The summed E-state index contributed by atoms with van der Waals surface area (Å²) in [5.74, 6) is -2.75. The lowest BCUT2D eigenvalue weighted by molar-refractivity contribution is -0.159. The second kappa shape index (κ2) is 12.7. The van der Waals surface area contributed by atoms with Crippen LogP contribution in [0.15, 0.2) is 53.9 Å². The lowest BCUT2D eigenvalue weighted by Gasteiger charge is -2.17. The highest BCUT2D eigenvalue weighted by Gasteiger charge is 2.04. The lowest BCUT2D eigenvalue weighted by Crippen LogP contribution is -2.23. The summed E-state index contributed by atoms with van der Waals surface area (Å²) < 4.78 is 12.4. The van der Waals surface area contributed by atoms with Gasteiger partial charge in [0.25, 0.3) is 0 Å². The van der Waals surface area contributed by atoms with Crippen molar-refractivity contribution in [2.45, 2.75) is 13.0 Å². The van der Waals surface area contributed by atoms with Crippen LogP contribution in [0.2, 0.25) is 0 Å². The van der Waals surface area contributed by atoms with E-state index in [0.29, 0.717) is 0 Å². The van der Waals surface area contributed by atoms with E-state index >= 15 is 0 Å². The number of nitrogens with zero attached hydrogens (tertiary/aromatic N) is 1. The maximum absolute atomic E-state index is 9.10. The van der Waals surface area contributed by atoms with Crippen LogP contribution in [0.3, 0.4) is 0 Å². The summed E-state index contributed by atoms with van der Waals surface area (Å²) >= 11 is 1.79. The molecule has 1 aromatic heterocycles. The summed E-state index contributed by atoms with van der Waals surface area (Å²) in [7, 11) is 3.81. The molecular weight excluding hydrogens is 418 g/mol. The molecule has 31 heavy (non-hydrogen) atoms. The van der Waals surface area contributed by atoms with Gasteiger partial charge in [0.15, 0.2) is 0 Å². The number of likely N-dealkylation sites (N-methyl/N-ethyl adjacent to an activating group) is 1. The molecular formula is C23H27NO6S. The fourth-order valence-corrected chi connectivity index (χ4v) is 3.58. The molecule has 8 heteroatoms. The van der Waals surface area contributed by atoms with Crippen molar-refractivity contribution in [3.63, 3.8) is 0 Å². The molecule has 2 aromatic carbocycles. The Bertz CT molecular complexity index is 958. The van der Waals surface area contributed by atoms with Crippen LogP contribution in [0.4, 0.5) is 0 Å². The van der Waals surface area contributed by atoms with E-state index in [1.807, 2.05) is 12.1 Å². The molecule has 0 unspecified atom stereocenters. The van der Waals surface area contributed by atoms with Crippen LogP contribution < -0.4 is 4.74 Å². The molecule has 0 aliphatic rings. The van der Waals surface area contributed by atoms with Crippen LogP contribution >= 0.6 is 11.3 Å². The van der Waals surface area contributed by atoms with Gasteiger partial charge in [-0.1, -0.05) is 24.3 Å². The standard InChI is InChI=1S/C21H25NO2S.C2H2O4/c1-22(16-18-3-6-20(23-2)7-4-18)11-13-24-12-9-17-5-8-21-19(15-17)10-14-25-21;3-1(4)2(5)6/h3-8,10,14-15H,9,11-13,16H2,1-2H3;(H,3,4)(H,5,6). The molecule has 0 atom stereocenters. The maximum Gasteiger partial charge on any atom is 0.414 e. The number of methoxy groups -OCH3 is 1. The number of carbonyl (C=O) groups is 2. The van der Waals surface area contributed by atoms with E-state index in [0.717, 1.165) is 38.5 Å². The molecule has 0 saturated heterocycles. The van der Waals surface area contributed by atoms with E-state index in [9.17, 15) is 0 Å². The maximum atomic E-state index is 9.10. The Morgan fingerprint density at radius 3 is 2.29 bits per heavy atom. The molecule has 0 saturated carbocycles. The molecule has 2 N–H and O–H groups in total. The number of fused-ring (bicyclic) bond motifs is 1. The highest BCUT2D eigenvalue weighted by Crippen LogP contribution is 2.21. The quantitative estimate of drug-likeness (QED) is 0.382. The normalized spacial score (nSPS) is 10.5. The van der Waals surface area contributed by atoms with Crippen molar-refractivity contribution in [1.29, 1.82) is 0 Å². The topological polar surface area (TPSA) is 96.3 Å². The third-order valence-electron chi connectivity index (χ3n) is 4.46. The molecule has 0 bridgehead atoms. The number of thiophene rings is 1. The minimum absolute atomic E-state index is 0.757. The Labute approximate surface area is 185 Å². The first-order valence-electron chi connectivity index (χ1n) is 9.70. The van der Waals surface area contributed by atoms with Gasteiger partial charge in [-0.05, 0) is 59.6 Å². The zero-order valence-electron chi connectivity index (χ0n) is 17.6. The molecule has 3 rings (SSSR count). The minimum Gasteiger partial charge on any atom is -0.497 e. The van der Waals surface area contributed by atoms with E-state index in [1.165, 1.54) is 21.2 Å². The van der Waals surface area contributed by atoms with E-state index in [-0.39, 0.29) is 0 Å². The number of benzene rings is 2. The van der Waals surface area contributed by atoms with Crippen molar-refractivity contribution in [2.24, 2.45) is 0 Å². The number of aliphatic carboxylic acids is 2. The summed E-state index contributed by atoms with van der Waals surface area (Å²) in [5, 5.41) is 18.3. The first-order chi connectivity index (χ1) is 14.9. The number of rotatable bonds is 9. The van der Waals surface area contributed by atoms with Gasteiger partial charge in [-0.2, -0.15) is 0 Å². The molecule has 0 spiro atoms. The molecule has 7 nitrogen and oxygen atoms in total. The van der Waals surface area contributed by atoms with Crippen LogP contribution in [-0.2, 0) is 27.3 Å². The van der Waals surface area contributed by atoms with Crippen molar-refractivity contribution >= 4 is 33.4 Å². The average Bonchev–Trinajstić information content (AvgIpc) is 3.22. The largest absolute Gasteiger partial charge is 0.497 e. The van der Waals surface area contributed by atoms with Gasteiger partial charge in [0, 0.05) is 17.8 Å². The Balaban J connectivity index is 0.000000501. The summed E-state index contributed by atoms with van der Waals surface area (Å²) in [4.78, 5) is 20.5. The Hall–Kier alpha value is -2.94. The zero-order chi connectivity index (χ0) is 22.6. The van der Waals surface area contributed by atoms with Crippen LogP contribution in [0.1, 0.15) is 11.1 Å². The molecule has 0 aliphatic carbocycles. The van der Waals surface area contributed by atoms with Gasteiger partial charge in [0.05, 0.1) is 20.3 Å². The van der Waals surface area contributed by atoms with Crippen LogP contribution in [0.25, 0.3) is 10.1 Å². The molecule has 0 amide bonds. The van der Waals surface area contributed by atoms with E-state index < -0.39 is 11.9 Å². The van der Waals surface area contributed by atoms with E-state index in [1.54, 1.807) is 18.4 Å². The average molecular weight is 446 g/mol. The fraction of sp³-hybridized carbons (Fsp3) is 0.304. The number of hydrogen-bond acceptors (Lipinski definition) is 6. The Morgan fingerprint density at radius 1 is 0.968 bits per heavy atom. The van der Waals surface area contributed by atoms with Gasteiger partial charge in [-0.3, -0.25) is 4.90 Å². The second-order valence-electron chi connectivity index (χ2n) is 6.85. The summed E-state index contributed by atoms with van der Waals surface area (Å²) in [6.07, 6.45) is 0.966. The van der Waals surface area contributed by atoms with E-state index in [2.05, 4.69) is 53.7 Å². The first-order valence-corrected chi connectivity index (χ1v) is 10.6. The van der Waals surface area contributed by atoms with Gasteiger partial charge in [0.1, 0.15) is 5.75 Å². The zero-order valence-corrected chi connectivity index (χ0v) is 18.4. The highest BCUT2D eigenvalue weighted by molar-refractivity contribution is 7.17. The number of ether oxygens (including phenoxy) is 2. The van der Waals surface area contributed by atoms with Crippen LogP contribution in [0.5, 0.6) is 5.75 Å². The third-order valence-corrected chi connectivity index (χ3v) is 5.36. The van der Waals surface area contributed by atoms with Gasteiger partial charge < -0.3 is 19.7 Å². The first kappa shape index (κ1) is 24.3. The molecule has 3 aromatic rings. The monoisotopic (exact) mass is 445 g/mol. The lowest BCUT2D eigenvalue weighted by atomic mass is 10.1. The number of hydrogen-bond donors (Lipinski definition) is 2. The van der Waals surface area contributed by atoms with Gasteiger partial charge >= 0.3 is 11.9 Å². The van der Waals surface area contributed by atoms with Crippen molar-refractivity contribution < 1.29 is 29.3 Å². The van der Waals surface area contributed by atoms with Crippen molar-refractivity contribution in [1.82, 2.24) is 4.90 Å². The molecule has 1 heterocycles. The number of carboxylic acid groups (broad SMARTS) is 2. The summed E-state index contributed by atoms with van der Waals surface area (Å²) in [5.41, 5.74) is 2.63. The van der Waals surface area contributed by atoms with Gasteiger partial charge in [0.2, 0.25) is 0 Å². The summed E-state index contributed by atoms with van der Waals surface area (Å²) in [6, 6.07) is 17.1. The van der Waals surface area contributed by atoms with Crippen molar-refractivity contribution in [3.05, 3.63) is 65.0 Å².